The Morgan fingerprint density at radius 1 is 1.23 bits per heavy atom. The molecule has 1 aromatic rings. The lowest BCUT2D eigenvalue weighted by molar-refractivity contribution is 0.414. The highest BCUT2D eigenvalue weighted by atomic mass is 16.5. The van der Waals surface area contributed by atoms with Crippen LogP contribution < -0.4 is 4.74 Å². The molecule has 2 nitrogen and oxygen atoms in total. The average molecular weight is 177 g/mol. The Kier molecular flexibility index (Phi) is 2.96. The summed E-state index contributed by atoms with van der Waals surface area (Å²) in [6.45, 7) is 3.97. The van der Waals surface area contributed by atoms with Crippen LogP contribution in [0.4, 0.5) is 0 Å². The fourth-order valence-corrected chi connectivity index (χ4v) is 1.04. The summed E-state index contributed by atoms with van der Waals surface area (Å²) in [5, 5.41) is 0. The Balaban J connectivity index is 2.86. The normalized spacial score (nSPS) is 9.46. The van der Waals surface area contributed by atoms with Crippen LogP contribution in [0.3, 0.4) is 0 Å². The molecule has 1 aromatic carbocycles. The van der Waals surface area contributed by atoms with Crippen LogP contribution in [0.15, 0.2) is 30.8 Å². The van der Waals surface area contributed by atoms with E-state index in [1.54, 1.807) is 7.11 Å². The van der Waals surface area contributed by atoms with Crippen LogP contribution in [0.2, 0.25) is 0 Å². The lowest BCUT2D eigenvalue weighted by Crippen LogP contribution is -2.08. The molecule has 0 heterocycles. The highest BCUT2D eigenvalue weighted by Crippen LogP contribution is 2.18. The van der Waals surface area contributed by atoms with Crippen molar-refractivity contribution >= 4 is 5.70 Å². The van der Waals surface area contributed by atoms with Gasteiger partial charge in [-0.05, 0) is 29.8 Å². The van der Waals surface area contributed by atoms with Crippen LogP contribution in [-0.2, 0) is 0 Å². The SMILES string of the molecule is C=C(c1ccc(OC)cc1)N(C)C. The Hall–Kier alpha value is -1.44. The number of benzene rings is 1. The molecular weight excluding hydrogens is 162 g/mol. The minimum absolute atomic E-state index is 0.871. The van der Waals surface area contributed by atoms with Gasteiger partial charge in [0.15, 0.2) is 0 Å². The fourth-order valence-electron chi connectivity index (χ4n) is 1.04. The van der Waals surface area contributed by atoms with Crippen molar-refractivity contribution in [2.45, 2.75) is 0 Å². The zero-order chi connectivity index (χ0) is 9.84. The van der Waals surface area contributed by atoms with E-state index in [4.69, 9.17) is 4.74 Å². The van der Waals surface area contributed by atoms with Gasteiger partial charge in [0.25, 0.3) is 0 Å². The number of nitrogens with zero attached hydrogens (tertiary/aromatic N) is 1. The highest BCUT2D eigenvalue weighted by molar-refractivity contribution is 5.61. The Labute approximate surface area is 79.4 Å². The summed E-state index contributed by atoms with van der Waals surface area (Å²) in [4.78, 5) is 1.99. The average Bonchev–Trinajstić information content (AvgIpc) is 2.17. The first kappa shape index (κ1) is 9.65. The molecule has 0 radical (unpaired) electrons. The van der Waals surface area contributed by atoms with Crippen molar-refractivity contribution in [1.29, 1.82) is 0 Å². The molecule has 1 rings (SSSR count). The lowest BCUT2D eigenvalue weighted by Gasteiger charge is -2.15. The monoisotopic (exact) mass is 177 g/mol. The van der Waals surface area contributed by atoms with E-state index < -0.39 is 0 Å². The van der Waals surface area contributed by atoms with Crippen molar-refractivity contribution in [3.8, 4) is 5.75 Å². The molecule has 0 atom stereocenters. The summed E-state index contributed by atoms with van der Waals surface area (Å²) in [7, 11) is 5.62. The van der Waals surface area contributed by atoms with Crippen molar-refractivity contribution in [3.05, 3.63) is 36.4 Å². The maximum atomic E-state index is 5.07. The number of rotatable bonds is 3. The lowest BCUT2D eigenvalue weighted by atomic mass is 10.1. The first-order chi connectivity index (χ1) is 6.15. The van der Waals surface area contributed by atoms with Crippen molar-refractivity contribution < 1.29 is 4.74 Å². The van der Waals surface area contributed by atoms with Gasteiger partial charge in [-0.3, -0.25) is 0 Å². The molecule has 0 N–H and O–H groups in total. The molecule has 13 heavy (non-hydrogen) atoms. The summed E-state index contributed by atoms with van der Waals surface area (Å²) in [6, 6.07) is 7.87. The molecule has 0 saturated carbocycles. The number of methoxy groups -OCH3 is 1. The molecular formula is C11H15NO. The van der Waals surface area contributed by atoms with Gasteiger partial charge in [-0.2, -0.15) is 0 Å². The molecule has 0 aliphatic rings. The molecule has 0 aromatic heterocycles. The van der Waals surface area contributed by atoms with E-state index in [0.717, 1.165) is 17.0 Å². The van der Waals surface area contributed by atoms with Gasteiger partial charge >= 0.3 is 0 Å². The second-order valence-electron chi connectivity index (χ2n) is 3.07. The minimum Gasteiger partial charge on any atom is -0.497 e. The summed E-state index contributed by atoms with van der Waals surface area (Å²) in [5.74, 6) is 0.871. The third-order valence-corrected chi connectivity index (χ3v) is 1.96. The van der Waals surface area contributed by atoms with E-state index in [1.165, 1.54) is 0 Å². The van der Waals surface area contributed by atoms with Gasteiger partial charge in [0.1, 0.15) is 5.75 Å². The predicted octanol–water partition coefficient (Wildman–Crippen LogP) is 2.23. The Morgan fingerprint density at radius 2 is 1.77 bits per heavy atom. The minimum atomic E-state index is 0.871. The molecule has 0 aliphatic heterocycles. The number of ether oxygens (including phenoxy) is 1. The second-order valence-corrected chi connectivity index (χ2v) is 3.07. The molecule has 0 saturated heterocycles. The van der Waals surface area contributed by atoms with Gasteiger partial charge in [0.05, 0.1) is 7.11 Å². The van der Waals surface area contributed by atoms with E-state index in [0.29, 0.717) is 0 Å². The van der Waals surface area contributed by atoms with Gasteiger partial charge in [-0.1, -0.05) is 6.58 Å². The van der Waals surface area contributed by atoms with Gasteiger partial charge < -0.3 is 9.64 Å². The van der Waals surface area contributed by atoms with Gasteiger partial charge in [0.2, 0.25) is 0 Å². The maximum absolute atomic E-state index is 5.07. The molecule has 0 unspecified atom stereocenters. The van der Waals surface area contributed by atoms with Crippen molar-refractivity contribution in [2.75, 3.05) is 21.2 Å². The van der Waals surface area contributed by atoms with Crippen LogP contribution in [0, 0.1) is 0 Å². The van der Waals surface area contributed by atoms with Crippen LogP contribution >= 0.6 is 0 Å². The van der Waals surface area contributed by atoms with E-state index >= 15 is 0 Å². The summed E-state index contributed by atoms with van der Waals surface area (Å²) in [5.41, 5.74) is 2.12. The molecule has 0 aliphatic carbocycles. The number of hydrogen-bond donors (Lipinski definition) is 0. The zero-order valence-electron chi connectivity index (χ0n) is 8.37. The molecule has 2 heteroatoms. The first-order valence-electron chi connectivity index (χ1n) is 4.16. The summed E-state index contributed by atoms with van der Waals surface area (Å²) in [6.07, 6.45) is 0. The Bertz CT molecular complexity index is 287. The third kappa shape index (κ3) is 2.25. The van der Waals surface area contributed by atoms with E-state index in [9.17, 15) is 0 Å². The quantitative estimate of drug-likeness (QED) is 0.702. The second kappa shape index (κ2) is 3.99. The van der Waals surface area contributed by atoms with Crippen LogP contribution in [-0.4, -0.2) is 26.1 Å². The fraction of sp³-hybridized carbons (Fsp3) is 0.273. The van der Waals surface area contributed by atoms with Crippen LogP contribution in [0.1, 0.15) is 5.56 Å². The molecule has 0 fully saturated rings. The highest BCUT2D eigenvalue weighted by Gasteiger charge is 2.00. The Morgan fingerprint density at radius 3 is 2.15 bits per heavy atom. The number of hydrogen-bond acceptors (Lipinski definition) is 2. The van der Waals surface area contributed by atoms with Gasteiger partial charge in [-0.15, -0.1) is 0 Å². The maximum Gasteiger partial charge on any atom is 0.118 e. The zero-order valence-corrected chi connectivity index (χ0v) is 8.37. The van der Waals surface area contributed by atoms with Crippen LogP contribution in [0.25, 0.3) is 5.70 Å². The van der Waals surface area contributed by atoms with E-state index in [2.05, 4.69) is 6.58 Å². The van der Waals surface area contributed by atoms with Gasteiger partial charge in [-0.25, -0.2) is 0 Å². The first-order valence-corrected chi connectivity index (χ1v) is 4.16. The summed E-state index contributed by atoms with van der Waals surface area (Å²) >= 11 is 0. The standard InChI is InChI=1S/C11H15NO/c1-9(12(2)3)10-5-7-11(13-4)8-6-10/h5-8H,1H2,2-4H3. The van der Waals surface area contributed by atoms with E-state index in [-0.39, 0.29) is 0 Å². The van der Waals surface area contributed by atoms with Gasteiger partial charge in [0, 0.05) is 19.8 Å². The molecule has 70 valence electrons. The summed E-state index contributed by atoms with van der Waals surface area (Å²) < 4.78 is 5.07. The largest absolute Gasteiger partial charge is 0.497 e. The topological polar surface area (TPSA) is 12.5 Å². The van der Waals surface area contributed by atoms with Crippen molar-refractivity contribution in [3.63, 3.8) is 0 Å². The van der Waals surface area contributed by atoms with Crippen molar-refractivity contribution in [1.82, 2.24) is 4.90 Å². The molecule has 0 bridgehead atoms. The van der Waals surface area contributed by atoms with Crippen molar-refractivity contribution in [2.24, 2.45) is 0 Å². The predicted molar refractivity (Wildman–Crippen MR) is 55.7 cm³/mol. The van der Waals surface area contributed by atoms with E-state index in [1.807, 2.05) is 43.3 Å². The molecule has 0 amide bonds. The third-order valence-electron chi connectivity index (χ3n) is 1.96. The van der Waals surface area contributed by atoms with Crippen LogP contribution in [0.5, 0.6) is 5.75 Å². The molecule has 0 spiro atoms. The smallest absolute Gasteiger partial charge is 0.118 e.